The van der Waals surface area contributed by atoms with E-state index in [0.29, 0.717) is 12.2 Å². The molecule has 29 heavy (non-hydrogen) atoms. The minimum atomic E-state index is -3.24. The van der Waals surface area contributed by atoms with Gasteiger partial charge in [-0.3, -0.25) is 4.79 Å². The lowest BCUT2D eigenvalue weighted by Crippen LogP contribution is -2.27. The number of hydrogen-bond donors (Lipinski definition) is 2. The number of nitrogens with two attached hydrogens (primary N) is 1. The van der Waals surface area contributed by atoms with Gasteiger partial charge >= 0.3 is 0 Å². The molecule has 0 unspecified atom stereocenters. The molecule has 0 saturated heterocycles. The Kier molecular flexibility index (Phi) is 5.56. The molecule has 0 saturated carbocycles. The molecule has 3 aromatic rings. The Hall–Kier alpha value is -3.01. The number of carbonyl (C=O) groups excluding carboxylic acids is 1. The fourth-order valence-electron chi connectivity index (χ4n) is 3.22. The second-order valence-electron chi connectivity index (χ2n) is 7.07. The molecule has 2 heterocycles. The first-order valence-corrected chi connectivity index (χ1v) is 11.0. The summed E-state index contributed by atoms with van der Waals surface area (Å²) in [7, 11) is -3.24. The summed E-state index contributed by atoms with van der Waals surface area (Å²) in [5.41, 5.74) is 9.06. The number of aromatic nitrogens is 4. The van der Waals surface area contributed by atoms with E-state index in [2.05, 4.69) is 20.4 Å². The summed E-state index contributed by atoms with van der Waals surface area (Å²) < 4.78 is 24.7. The van der Waals surface area contributed by atoms with Crippen LogP contribution in [0.25, 0.3) is 5.78 Å². The first-order chi connectivity index (χ1) is 13.6. The predicted molar refractivity (Wildman–Crippen MR) is 109 cm³/mol. The van der Waals surface area contributed by atoms with E-state index in [1.165, 1.54) is 0 Å². The van der Waals surface area contributed by atoms with Crippen LogP contribution in [0.3, 0.4) is 0 Å². The molecular formula is C19H24N6O3S. The van der Waals surface area contributed by atoms with Gasteiger partial charge < -0.3 is 11.1 Å². The number of aryl methyl sites for hydroxylation is 2. The van der Waals surface area contributed by atoms with Gasteiger partial charge in [-0.2, -0.15) is 9.50 Å². The average molecular weight is 417 g/mol. The van der Waals surface area contributed by atoms with Crippen LogP contribution < -0.4 is 11.1 Å². The zero-order chi connectivity index (χ0) is 21.3. The van der Waals surface area contributed by atoms with Crippen molar-refractivity contribution >= 4 is 27.5 Å². The first kappa shape index (κ1) is 20.7. The van der Waals surface area contributed by atoms with Crippen LogP contribution >= 0.6 is 0 Å². The lowest BCUT2D eigenvalue weighted by Gasteiger charge is -2.15. The maximum Gasteiger partial charge on any atom is 0.254 e. The Labute approximate surface area is 169 Å². The van der Waals surface area contributed by atoms with Gasteiger partial charge in [0.1, 0.15) is 0 Å². The zero-order valence-electron chi connectivity index (χ0n) is 16.8. The van der Waals surface area contributed by atoms with Crippen molar-refractivity contribution in [1.29, 1.82) is 0 Å². The number of benzene rings is 1. The van der Waals surface area contributed by atoms with Crippen LogP contribution in [0.5, 0.6) is 0 Å². The lowest BCUT2D eigenvalue weighted by molar-refractivity contribution is -0.121. The van der Waals surface area contributed by atoms with Crippen molar-refractivity contribution in [3.05, 3.63) is 46.8 Å². The molecule has 10 heteroatoms. The third kappa shape index (κ3) is 4.53. The van der Waals surface area contributed by atoms with Gasteiger partial charge in [-0.15, -0.1) is 5.10 Å². The summed E-state index contributed by atoms with van der Waals surface area (Å²) >= 11 is 0. The molecule has 0 fully saturated rings. The van der Waals surface area contributed by atoms with Crippen LogP contribution in [0.15, 0.2) is 29.2 Å². The monoisotopic (exact) mass is 416 g/mol. The van der Waals surface area contributed by atoms with Crippen molar-refractivity contribution in [2.75, 3.05) is 12.0 Å². The molecular weight excluding hydrogens is 392 g/mol. The van der Waals surface area contributed by atoms with Crippen LogP contribution in [0.2, 0.25) is 0 Å². The van der Waals surface area contributed by atoms with Gasteiger partial charge in [-0.25, -0.2) is 13.4 Å². The maximum atomic E-state index is 12.4. The highest BCUT2D eigenvalue weighted by Gasteiger charge is 2.16. The average Bonchev–Trinajstić information content (AvgIpc) is 3.01. The largest absolute Gasteiger partial charge is 0.366 e. The van der Waals surface area contributed by atoms with Crippen molar-refractivity contribution in [3.63, 3.8) is 0 Å². The highest BCUT2D eigenvalue weighted by atomic mass is 32.2. The molecule has 154 valence electrons. The van der Waals surface area contributed by atoms with E-state index in [9.17, 15) is 13.2 Å². The predicted octanol–water partition coefficient (Wildman–Crippen LogP) is 1.54. The SMILES string of the molecule is Cc1nc2nc(N)nn2c(C)c1CCC(=O)N[C@@H](C)c1ccc(S(C)(=O)=O)cc1. The third-order valence-corrected chi connectivity index (χ3v) is 5.98. The van der Waals surface area contributed by atoms with Crippen molar-refractivity contribution in [3.8, 4) is 0 Å². The van der Waals surface area contributed by atoms with E-state index >= 15 is 0 Å². The van der Waals surface area contributed by atoms with Crippen LogP contribution in [-0.2, 0) is 21.1 Å². The number of nitrogens with one attached hydrogen (secondary N) is 1. The topological polar surface area (TPSA) is 132 Å². The van der Waals surface area contributed by atoms with Gasteiger partial charge in [-0.05, 0) is 50.5 Å². The number of nitrogens with zero attached hydrogens (tertiary/aromatic N) is 4. The smallest absolute Gasteiger partial charge is 0.254 e. The molecule has 0 aliphatic carbocycles. The Morgan fingerprint density at radius 1 is 1.21 bits per heavy atom. The first-order valence-electron chi connectivity index (χ1n) is 9.14. The molecule has 0 radical (unpaired) electrons. The summed E-state index contributed by atoms with van der Waals surface area (Å²) in [5, 5.41) is 7.07. The quantitative estimate of drug-likeness (QED) is 0.623. The maximum absolute atomic E-state index is 12.4. The number of fused-ring (bicyclic) bond motifs is 1. The molecule has 1 amide bonds. The molecule has 0 aliphatic rings. The van der Waals surface area contributed by atoms with Crippen molar-refractivity contribution < 1.29 is 13.2 Å². The molecule has 9 nitrogen and oxygen atoms in total. The molecule has 3 rings (SSSR count). The highest BCUT2D eigenvalue weighted by molar-refractivity contribution is 7.90. The van der Waals surface area contributed by atoms with E-state index in [-0.39, 0.29) is 29.2 Å². The number of hydrogen-bond acceptors (Lipinski definition) is 7. The highest BCUT2D eigenvalue weighted by Crippen LogP contribution is 2.18. The Balaban J connectivity index is 1.66. The second kappa shape index (κ2) is 7.78. The van der Waals surface area contributed by atoms with E-state index in [1.807, 2.05) is 20.8 Å². The van der Waals surface area contributed by atoms with E-state index in [0.717, 1.165) is 28.8 Å². The van der Waals surface area contributed by atoms with Crippen molar-refractivity contribution in [2.24, 2.45) is 0 Å². The summed E-state index contributed by atoms with van der Waals surface area (Å²) in [6.07, 6.45) is 1.95. The summed E-state index contributed by atoms with van der Waals surface area (Å²) in [6, 6.07) is 6.27. The Morgan fingerprint density at radius 3 is 2.48 bits per heavy atom. The van der Waals surface area contributed by atoms with Gasteiger partial charge in [0, 0.05) is 24.1 Å². The van der Waals surface area contributed by atoms with E-state index < -0.39 is 9.84 Å². The number of carbonyl (C=O) groups is 1. The normalized spacial score (nSPS) is 12.8. The molecule has 0 spiro atoms. The minimum Gasteiger partial charge on any atom is -0.366 e. The van der Waals surface area contributed by atoms with Crippen LogP contribution in [-0.4, -0.2) is 40.2 Å². The molecule has 2 aromatic heterocycles. The fourth-order valence-corrected chi connectivity index (χ4v) is 3.86. The van der Waals surface area contributed by atoms with E-state index in [4.69, 9.17) is 5.73 Å². The number of rotatable bonds is 6. The number of nitrogen functional groups attached to an aromatic ring is 1. The second-order valence-corrected chi connectivity index (χ2v) is 9.09. The fraction of sp³-hybridized carbons (Fsp3) is 0.368. The number of sulfone groups is 1. The minimum absolute atomic E-state index is 0.110. The standard InChI is InChI=1S/C19H24N6O3S/c1-11(14-5-7-15(8-6-14)29(4,27)28)21-17(26)10-9-16-12(2)22-19-23-18(20)24-25(19)13(16)3/h5-8,11H,9-10H2,1-4H3,(H2,20,24)(H,21,26)/t11-/m0/s1. The zero-order valence-corrected chi connectivity index (χ0v) is 17.6. The third-order valence-electron chi connectivity index (χ3n) is 4.85. The molecule has 1 aromatic carbocycles. The van der Waals surface area contributed by atoms with Crippen molar-refractivity contribution in [2.45, 2.75) is 44.6 Å². The van der Waals surface area contributed by atoms with Gasteiger partial charge in [0.25, 0.3) is 5.78 Å². The van der Waals surface area contributed by atoms with Gasteiger partial charge in [0.15, 0.2) is 9.84 Å². The van der Waals surface area contributed by atoms with Gasteiger partial charge in [0.05, 0.1) is 10.9 Å². The summed E-state index contributed by atoms with van der Waals surface area (Å²) in [4.78, 5) is 21.2. The summed E-state index contributed by atoms with van der Waals surface area (Å²) in [5.74, 6) is 0.490. The number of amides is 1. The van der Waals surface area contributed by atoms with Crippen LogP contribution in [0.4, 0.5) is 5.95 Å². The van der Waals surface area contributed by atoms with E-state index in [1.54, 1.807) is 28.8 Å². The Morgan fingerprint density at radius 2 is 1.86 bits per heavy atom. The molecule has 0 aliphatic heterocycles. The Bertz CT molecular complexity index is 1170. The molecule has 0 bridgehead atoms. The van der Waals surface area contributed by atoms with Gasteiger partial charge in [-0.1, -0.05) is 12.1 Å². The van der Waals surface area contributed by atoms with Crippen LogP contribution in [0.1, 0.15) is 41.9 Å². The van der Waals surface area contributed by atoms with Crippen LogP contribution in [0, 0.1) is 13.8 Å². The lowest BCUT2D eigenvalue weighted by atomic mass is 10.1. The van der Waals surface area contributed by atoms with Gasteiger partial charge in [0.2, 0.25) is 11.9 Å². The molecule has 3 N–H and O–H groups in total. The number of anilines is 1. The summed E-state index contributed by atoms with van der Waals surface area (Å²) in [6.45, 7) is 5.63. The van der Waals surface area contributed by atoms with Crippen molar-refractivity contribution in [1.82, 2.24) is 24.9 Å². The molecule has 1 atom stereocenters.